The number of benzene rings is 2. The van der Waals surface area contributed by atoms with Crippen molar-refractivity contribution in [1.29, 1.82) is 0 Å². The van der Waals surface area contributed by atoms with Crippen LogP contribution < -0.4 is 10.6 Å². The summed E-state index contributed by atoms with van der Waals surface area (Å²) in [5.74, 6) is 1.75. The molecule has 0 saturated heterocycles. The Bertz CT molecular complexity index is 620. The van der Waals surface area contributed by atoms with E-state index in [0.717, 1.165) is 25.0 Å². The smallest absolute Gasteiger partial charge is 0.191 e. The van der Waals surface area contributed by atoms with Gasteiger partial charge < -0.3 is 10.6 Å². The minimum Gasteiger partial charge on any atom is -0.356 e. The molecule has 112 valence electrons. The van der Waals surface area contributed by atoms with Gasteiger partial charge in [0.25, 0.3) is 0 Å². The molecule has 0 aromatic heterocycles. The molecule has 3 nitrogen and oxygen atoms in total. The highest BCUT2D eigenvalue weighted by atomic mass is 127. The number of aliphatic imine (C=N–C) groups is 1. The summed E-state index contributed by atoms with van der Waals surface area (Å²) in [5, 5.41) is 9.32. The van der Waals surface area contributed by atoms with Crippen molar-refractivity contribution in [3.8, 4) is 0 Å². The van der Waals surface area contributed by atoms with Gasteiger partial charge in [0.1, 0.15) is 0 Å². The van der Waals surface area contributed by atoms with E-state index in [4.69, 9.17) is 0 Å². The van der Waals surface area contributed by atoms with E-state index in [-0.39, 0.29) is 24.0 Å². The quantitative estimate of drug-likeness (QED) is 0.472. The third kappa shape index (κ3) is 4.59. The van der Waals surface area contributed by atoms with Gasteiger partial charge in [-0.05, 0) is 41.2 Å². The first-order valence-electron chi connectivity index (χ1n) is 7.27. The van der Waals surface area contributed by atoms with Crippen molar-refractivity contribution in [2.75, 3.05) is 13.6 Å². The van der Waals surface area contributed by atoms with Crippen LogP contribution in [0.1, 0.15) is 18.4 Å². The highest BCUT2D eigenvalue weighted by Crippen LogP contribution is 2.27. The van der Waals surface area contributed by atoms with E-state index < -0.39 is 0 Å². The zero-order valence-corrected chi connectivity index (χ0v) is 14.6. The molecule has 1 fully saturated rings. The van der Waals surface area contributed by atoms with Crippen LogP contribution in [-0.4, -0.2) is 19.6 Å². The van der Waals surface area contributed by atoms with Crippen molar-refractivity contribution in [2.45, 2.75) is 19.4 Å². The molecular weight excluding hydrogens is 373 g/mol. The minimum absolute atomic E-state index is 0. The fraction of sp³-hybridized carbons (Fsp3) is 0.353. The molecule has 2 N–H and O–H groups in total. The fourth-order valence-electron chi connectivity index (χ4n) is 2.32. The summed E-state index contributed by atoms with van der Waals surface area (Å²) in [5.41, 5.74) is 1.28. The predicted octanol–water partition coefficient (Wildman–Crippen LogP) is 3.53. The first-order chi connectivity index (χ1) is 9.85. The molecule has 3 rings (SSSR count). The van der Waals surface area contributed by atoms with Crippen LogP contribution in [0.3, 0.4) is 0 Å². The standard InChI is InChI=1S/C17H21N3.HI/c1-18-17(19-11-13-6-7-13)20-12-14-8-9-15-4-2-3-5-16(15)10-14;/h2-5,8-10,13H,6-7,11-12H2,1H3,(H2,18,19,20);1H. The Balaban J connectivity index is 0.00000161. The second-order valence-corrected chi connectivity index (χ2v) is 5.43. The van der Waals surface area contributed by atoms with Crippen LogP contribution in [0.2, 0.25) is 0 Å². The number of rotatable bonds is 4. The summed E-state index contributed by atoms with van der Waals surface area (Å²) in [7, 11) is 1.82. The zero-order valence-electron chi connectivity index (χ0n) is 12.3. The van der Waals surface area contributed by atoms with Gasteiger partial charge in [-0.2, -0.15) is 0 Å². The maximum absolute atomic E-state index is 4.26. The van der Waals surface area contributed by atoms with Crippen LogP contribution in [0.25, 0.3) is 10.8 Å². The number of guanidine groups is 1. The molecule has 0 amide bonds. The third-order valence-electron chi connectivity index (χ3n) is 3.75. The van der Waals surface area contributed by atoms with E-state index in [1.54, 1.807) is 0 Å². The Morgan fingerprint density at radius 2 is 1.86 bits per heavy atom. The van der Waals surface area contributed by atoms with Crippen LogP contribution in [0.5, 0.6) is 0 Å². The van der Waals surface area contributed by atoms with Crippen molar-refractivity contribution in [3.63, 3.8) is 0 Å². The lowest BCUT2D eigenvalue weighted by atomic mass is 10.1. The number of nitrogens with one attached hydrogen (secondary N) is 2. The molecule has 0 atom stereocenters. The van der Waals surface area contributed by atoms with Gasteiger partial charge in [-0.25, -0.2) is 0 Å². The zero-order chi connectivity index (χ0) is 13.8. The van der Waals surface area contributed by atoms with E-state index in [1.807, 2.05) is 7.05 Å². The maximum Gasteiger partial charge on any atom is 0.191 e. The molecule has 0 radical (unpaired) electrons. The average Bonchev–Trinajstić information content (AvgIpc) is 3.31. The minimum atomic E-state index is 0. The number of hydrogen-bond acceptors (Lipinski definition) is 1. The Labute approximate surface area is 143 Å². The SMILES string of the molecule is CN=C(NCc1ccc2ccccc2c1)NCC1CC1.I. The van der Waals surface area contributed by atoms with Gasteiger partial charge in [0.2, 0.25) is 0 Å². The Morgan fingerprint density at radius 1 is 1.10 bits per heavy atom. The van der Waals surface area contributed by atoms with Crippen molar-refractivity contribution in [2.24, 2.45) is 10.9 Å². The van der Waals surface area contributed by atoms with Crippen LogP contribution in [0.15, 0.2) is 47.5 Å². The van der Waals surface area contributed by atoms with Gasteiger partial charge in [-0.3, -0.25) is 4.99 Å². The summed E-state index contributed by atoms with van der Waals surface area (Å²) in [4.78, 5) is 4.26. The van der Waals surface area contributed by atoms with Crippen molar-refractivity contribution >= 4 is 40.7 Å². The first kappa shape index (κ1) is 16.1. The number of nitrogens with zero attached hydrogens (tertiary/aromatic N) is 1. The number of halogens is 1. The monoisotopic (exact) mass is 395 g/mol. The first-order valence-corrected chi connectivity index (χ1v) is 7.27. The lowest BCUT2D eigenvalue weighted by molar-refractivity contribution is 0.737. The topological polar surface area (TPSA) is 36.4 Å². The summed E-state index contributed by atoms with van der Waals surface area (Å²) in [6.07, 6.45) is 2.71. The molecule has 1 aliphatic rings. The Hall–Kier alpha value is -1.30. The predicted molar refractivity (Wildman–Crippen MR) is 100 cm³/mol. The van der Waals surface area contributed by atoms with Crippen LogP contribution in [0.4, 0.5) is 0 Å². The Kier molecular flexibility index (Phi) is 5.85. The second-order valence-electron chi connectivity index (χ2n) is 5.43. The van der Waals surface area contributed by atoms with Crippen molar-refractivity contribution in [3.05, 3.63) is 48.0 Å². The van der Waals surface area contributed by atoms with E-state index in [1.165, 1.54) is 29.2 Å². The van der Waals surface area contributed by atoms with E-state index >= 15 is 0 Å². The molecule has 4 heteroatoms. The third-order valence-corrected chi connectivity index (χ3v) is 3.75. The summed E-state index contributed by atoms with van der Waals surface area (Å²) >= 11 is 0. The van der Waals surface area contributed by atoms with Gasteiger partial charge in [0.15, 0.2) is 5.96 Å². The summed E-state index contributed by atoms with van der Waals surface area (Å²) in [6.45, 7) is 1.84. The molecular formula is C17H22IN3. The van der Waals surface area contributed by atoms with Crippen molar-refractivity contribution in [1.82, 2.24) is 10.6 Å². The maximum atomic E-state index is 4.26. The van der Waals surface area contributed by atoms with E-state index in [9.17, 15) is 0 Å². The van der Waals surface area contributed by atoms with Crippen molar-refractivity contribution < 1.29 is 0 Å². The lowest BCUT2D eigenvalue weighted by Crippen LogP contribution is -2.37. The molecule has 1 saturated carbocycles. The van der Waals surface area contributed by atoms with Gasteiger partial charge in [-0.15, -0.1) is 24.0 Å². The lowest BCUT2D eigenvalue weighted by Gasteiger charge is -2.12. The molecule has 2 aromatic rings. The largest absolute Gasteiger partial charge is 0.356 e. The van der Waals surface area contributed by atoms with Crippen LogP contribution in [0, 0.1) is 5.92 Å². The number of hydrogen-bond donors (Lipinski definition) is 2. The summed E-state index contributed by atoms with van der Waals surface area (Å²) < 4.78 is 0. The second kappa shape index (κ2) is 7.64. The van der Waals surface area contributed by atoms with Gasteiger partial charge >= 0.3 is 0 Å². The van der Waals surface area contributed by atoms with Gasteiger partial charge in [0.05, 0.1) is 0 Å². The molecule has 2 aromatic carbocycles. The molecule has 0 spiro atoms. The molecule has 21 heavy (non-hydrogen) atoms. The van der Waals surface area contributed by atoms with Gasteiger partial charge in [-0.1, -0.05) is 36.4 Å². The molecule has 0 heterocycles. The molecule has 0 aliphatic heterocycles. The van der Waals surface area contributed by atoms with Gasteiger partial charge in [0, 0.05) is 20.1 Å². The molecule has 0 bridgehead atoms. The average molecular weight is 395 g/mol. The number of fused-ring (bicyclic) bond motifs is 1. The summed E-state index contributed by atoms with van der Waals surface area (Å²) in [6, 6.07) is 15.0. The van der Waals surface area contributed by atoms with Crippen LogP contribution in [-0.2, 0) is 6.54 Å². The van der Waals surface area contributed by atoms with Crippen LogP contribution >= 0.6 is 24.0 Å². The van der Waals surface area contributed by atoms with E-state index in [2.05, 4.69) is 58.1 Å². The highest BCUT2D eigenvalue weighted by molar-refractivity contribution is 14.0. The molecule has 0 unspecified atom stereocenters. The normalized spacial score (nSPS) is 14.6. The van der Waals surface area contributed by atoms with E-state index in [0.29, 0.717) is 0 Å². The molecule has 1 aliphatic carbocycles. The highest BCUT2D eigenvalue weighted by Gasteiger charge is 2.20. The fourth-order valence-corrected chi connectivity index (χ4v) is 2.32. The Morgan fingerprint density at radius 3 is 2.57 bits per heavy atom.